The standard InChI is InChI=1S/C29H34N2/c1-4-5-6-7-8-12-16-28(30-26-21-19-24(20-22-26)23(2)3)29-18-13-17-27(31-29)25-14-10-9-11-15-25/h4-5,7-11,13-15,17-23,28,30H,6,12,16H2,1-3H3/b5-4-,8-7-. The van der Waals surface area contributed by atoms with E-state index >= 15 is 0 Å². The highest BCUT2D eigenvalue weighted by atomic mass is 14.9. The molecule has 0 radical (unpaired) electrons. The molecule has 1 aromatic heterocycles. The van der Waals surface area contributed by atoms with Gasteiger partial charge < -0.3 is 5.32 Å². The zero-order chi connectivity index (χ0) is 21.9. The minimum atomic E-state index is 0.153. The van der Waals surface area contributed by atoms with Gasteiger partial charge in [-0.15, -0.1) is 0 Å². The van der Waals surface area contributed by atoms with E-state index < -0.39 is 0 Å². The molecule has 0 saturated heterocycles. The molecule has 1 atom stereocenters. The van der Waals surface area contributed by atoms with Crippen LogP contribution in [-0.2, 0) is 0 Å². The predicted octanol–water partition coefficient (Wildman–Crippen LogP) is 8.33. The first-order valence-corrected chi connectivity index (χ1v) is 11.3. The molecule has 0 aliphatic heterocycles. The van der Waals surface area contributed by atoms with Crippen LogP contribution in [0.25, 0.3) is 11.3 Å². The van der Waals surface area contributed by atoms with Gasteiger partial charge in [0.05, 0.1) is 17.4 Å². The quantitative estimate of drug-likeness (QED) is 0.340. The van der Waals surface area contributed by atoms with E-state index in [1.165, 1.54) is 5.56 Å². The number of hydrogen-bond donors (Lipinski definition) is 1. The molecule has 3 rings (SSSR count). The molecule has 0 amide bonds. The zero-order valence-corrected chi connectivity index (χ0v) is 19.0. The Kier molecular flexibility index (Phi) is 8.66. The molecule has 0 bridgehead atoms. The first kappa shape index (κ1) is 22.6. The van der Waals surface area contributed by atoms with Gasteiger partial charge in [-0.3, -0.25) is 4.98 Å². The maximum Gasteiger partial charge on any atom is 0.0706 e. The summed E-state index contributed by atoms with van der Waals surface area (Å²) in [5.41, 5.74) is 5.74. The number of nitrogens with one attached hydrogen (secondary N) is 1. The molecule has 0 saturated carbocycles. The third-order valence-corrected chi connectivity index (χ3v) is 5.41. The van der Waals surface area contributed by atoms with Gasteiger partial charge in [0.1, 0.15) is 0 Å². The van der Waals surface area contributed by atoms with E-state index in [-0.39, 0.29) is 6.04 Å². The van der Waals surface area contributed by atoms with Gasteiger partial charge in [-0.1, -0.05) is 86.7 Å². The largest absolute Gasteiger partial charge is 0.377 e. The van der Waals surface area contributed by atoms with Crippen molar-refractivity contribution in [3.63, 3.8) is 0 Å². The van der Waals surface area contributed by atoms with Crippen molar-refractivity contribution in [2.45, 2.75) is 52.0 Å². The Morgan fingerprint density at radius 1 is 0.839 bits per heavy atom. The fraction of sp³-hybridized carbons (Fsp3) is 0.276. The molecule has 1 heterocycles. The van der Waals surface area contributed by atoms with Crippen LogP contribution in [-0.4, -0.2) is 4.98 Å². The number of anilines is 1. The van der Waals surface area contributed by atoms with Crippen LogP contribution >= 0.6 is 0 Å². The molecule has 2 aromatic carbocycles. The lowest BCUT2D eigenvalue weighted by Crippen LogP contribution is -2.12. The summed E-state index contributed by atoms with van der Waals surface area (Å²) in [5, 5.41) is 3.73. The van der Waals surface area contributed by atoms with E-state index in [1.54, 1.807) is 0 Å². The molecular weight excluding hydrogens is 376 g/mol. The fourth-order valence-corrected chi connectivity index (χ4v) is 3.57. The number of aromatic nitrogens is 1. The van der Waals surface area contributed by atoms with Crippen LogP contribution in [0, 0.1) is 0 Å². The second-order valence-electron chi connectivity index (χ2n) is 8.14. The Labute approximate surface area is 187 Å². The topological polar surface area (TPSA) is 24.9 Å². The van der Waals surface area contributed by atoms with Crippen LogP contribution in [0.4, 0.5) is 5.69 Å². The zero-order valence-electron chi connectivity index (χ0n) is 19.0. The highest BCUT2D eigenvalue weighted by Gasteiger charge is 2.14. The Hall–Kier alpha value is -3.13. The van der Waals surface area contributed by atoms with E-state index in [0.717, 1.165) is 41.9 Å². The van der Waals surface area contributed by atoms with Gasteiger partial charge in [-0.2, -0.15) is 0 Å². The molecular formula is C29H34N2. The van der Waals surface area contributed by atoms with Gasteiger partial charge in [0.15, 0.2) is 0 Å². The highest BCUT2D eigenvalue weighted by molar-refractivity contribution is 5.59. The first-order chi connectivity index (χ1) is 15.2. The van der Waals surface area contributed by atoms with Crippen molar-refractivity contribution in [1.29, 1.82) is 0 Å². The Morgan fingerprint density at radius 3 is 2.32 bits per heavy atom. The number of rotatable bonds is 10. The third-order valence-electron chi connectivity index (χ3n) is 5.41. The van der Waals surface area contributed by atoms with Gasteiger partial charge in [-0.25, -0.2) is 0 Å². The number of nitrogens with zero attached hydrogens (tertiary/aromatic N) is 1. The summed E-state index contributed by atoms with van der Waals surface area (Å²) < 4.78 is 0. The molecule has 0 spiro atoms. The van der Waals surface area contributed by atoms with Gasteiger partial charge in [0, 0.05) is 11.3 Å². The summed E-state index contributed by atoms with van der Waals surface area (Å²) in [6, 6.07) is 25.7. The average Bonchev–Trinajstić information content (AvgIpc) is 2.81. The second kappa shape index (κ2) is 11.9. The van der Waals surface area contributed by atoms with Crippen molar-refractivity contribution >= 4 is 5.69 Å². The smallest absolute Gasteiger partial charge is 0.0706 e. The fourth-order valence-electron chi connectivity index (χ4n) is 3.57. The van der Waals surface area contributed by atoms with Crippen molar-refractivity contribution in [1.82, 2.24) is 4.98 Å². The monoisotopic (exact) mass is 410 g/mol. The van der Waals surface area contributed by atoms with E-state index in [9.17, 15) is 0 Å². The summed E-state index contributed by atoms with van der Waals surface area (Å²) >= 11 is 0. The van der Waals surface area contributed by atoms with Crippen LogP contribution in [0.1, 0.15) is 63.3 Å². The molecule has 3 aromatic rings. The number of hydrogen-bond acceptors (Lipinski definition) is 2. The maximum atomic E-state index is 5.02. The van der Waals surface area contributed by atoms with Crippen LogP contribution in [0.15, 0.2) is 97.1 Å². The SMILES string of the molecule is C/C=C\C/C=C\CCC(Nc1ccc(C(C)C)cc1)c1cccc(-c2ccccc2)n1. The Bertz CT molecular complexity index is 969. The van der Waals surface area contributed by atoms with Crippen molar-refractivity contribution in [2.24, 2.45) is 0 Å². The minimum Gasteiger partial charge on any atom is -0.377 e. The number of pyridine rings is 1. The van der Waals surface area contributed by atoms with Crippen LogP contribution in [0.5, 0.6) is 0 Å². The molecule has 1 N–H and O–H groups in total. The minimum absolute atomic E-state index is 0.153. The van der Waals surface area contributed by atoms with E-state index in [4.69, 9.17) is 4.98 Å². The van der Waals surface area contributed by atoms with Crippen LogP contribution < -0.4 is 5.32 Å². The van der Waals surface area contributed by atoms with Crippen molar-refractivity contribution < 1.29 is 0 Å². The average molecular weight is 411 g/mol. The molecule has 160 valence electrons. The van der Waals surface area contributed by atoms with Crippen molar-refractivity contribution in [2.75, 3.05) is 5.32 Å². The molecule has 0 aliphatic carbocycles. The summed E-state index contributed by atoms with van der Waals surface area (Å²) in [4.78, 5) is 5.02. The first-order valence-electron chi connectivity index (χ1n) is 11.3. The van der Waals surface area contributed by atoms with Crippen LogP contribution in [0.3, 0.4) is 0 Å². The lowest BCUT2D eigenvalue weighted by molar-refractivity contribution is 0.684. The van der Waals surface area contributed by atoms with E-state index in [2.05, 4.69) is 117 Å². The summed E-state index contributed by atoms with van der Waals surface area (Å²) in [5.74, 6) is 0.538. The number of allylic oxidation sites excluding steroid dienone is 4. The maximum absolute atomic E-state index is 5.02. The molecule has 2 heteroatoms. The highest BCUT2D eigenvalue weighted by Crippen LogP contribution is 2.27. The molecule has 1 unspecified atom stereocenters. The van der Waals surface area contributed by atoms with Gasteiger partial charge in [0.2, 0.25) is 0 Å². The molecule has 0 fully saturated rings. The lowest BCUT2D eigenvalue weighted by Gasteiger charge is -2.20. The summed E-state index contributed by atoms with van der Waals surface area (Å²) in [6.07, 6.45) is 11.8. The molecule has 31 heavy (non-hydrogen) atoms. The van der Waals surface area contributed by atoms with Crippen LogP contribution in [0.2, 0.25) is 0 Å². The van der Waals surface area contributed by atoms with Gasteiger partial charge in [-0.05, 0) is 61.9 Å². The molecule has 2 nitrogen and oxygen atoms in total. The Balaban J connectivity index is 1.80. The van der Waals surface area contributed by atoms with Gasteiger partial charge >= 0.3 is 0 Å². The van der Waals surface area contributed by atoms with Gasteiger partial charge in [0.25, 0.3) is 0 Å². The van der Waals surface area contributed by atoms with Crippen molar-refractivity contribution in [3.8, 4) is 11.3 Å². The van der Waals surface area contributed by atoms with E-state index in [1.807, 2.05) is 6.07 Å². The Morgan fingerprint density at radius 2 is 1.61 bits per heavy atom. The van der Waals surface area contributed by atoms with E-state index in [0.29, 0.717) is 5.92 Å². The van der Waals surface area contributed by atoms with Crippen molar-refractivity contribution in [3.05, 3.63) is 108 Å². The molecule has 0 aliphatic rings. The normalized spacial score (nSPS) is 12.6. The summed E-state index contributed by atoms with van der Waals surface area (Å²) in [7, 11) is 0. The number of benzene rings is 2. The lowest BCUT2D eigenvalue weighted by atomic mass is 10.0. The third kappa shape index (κ3) is 6.96. The predicted molar refractivity (Wildman–Crippen MR) is 134 cm³/mol. The summed E-state index contributed by atoms with van der Waals surface area (Å²) in [6.45, 7) is 6.51. The second-order valence-corrected chi connectivity index (χ2v) is 8.14.